The van der Waals surface area contributed by atoms with Crippen molar-refractivity contribution in [3.63, 3.8) is 0 Å². The molecule has 1 aromatic heterocycles. The van der Waals surface area contributed by atoms with Crippen molar-refractivity contribution < 1.29 is 4.39 Å². The maximum atomic E-state index is 13.9. The Hall–Kier alpha value is -2.50. The maximum Gasteiger partial charge on any atom is 0.262 e. The fourth-order valence-corrected chi connectivity index (χ4v) is 2.11. The Morgan fingerprint density at radius 3 is 2.77 bits per heavy atom. The smallest absolute Gasteiger partial charge is 0.262 e. The minimum Gasteiger partial charge on any atom is -0.369 e. The number of unbranched alkanes of at least 4 members (excludes halogenated alkanes) is 1. The van der Waals surface area contributed by atoms with E-state index in [0.29, 0.717) is 12.4 Å². The van der Waals surface area contributed by atoms with Gasteiger partial charge in [-0.15, -0.1) is 0 Å². The highest BCUT2D eigenvalue weighted by Gasteiger charge is 2.15. The van der Waals surface area contributed by atoms with Crippen LogP contribution in [0.4, 0.5) is 10.2 Å². The summed E-state index contributed by atoms with van der Waals surface area (Å²) in [5.74, 6) is 0.0273. The summed E-state index contributed by atoms with van der Waals surface area (Å²) in [6.45, 7) is 4.23. The van der Waals surface area contributed by atoms with E-state index in [-0.39, 0.29) is 22.7 Å². The summed E-state index contributed by atoms with van der Waals surface area (Å²) in [6, 6.07) is 6.13. The van der Waals surface area contributed by atoms with E-state index in [9.17, 15) is 9.18 Å². The molecule has 1 heterocycles. The Morgan fingerprint density at radius 2 is 2.14 bits per heavy atom. The number of nitrogens with one attached hydrogen (secondary N) is 3. The van der Waals surface area contributed by atoms with Crippen LogP contribution < -0.4 is 10.9 Å². The number of anilines is 1. The van der Waals surface area contributed by atoms with Crippen molar-refractivity contribution >= 4 is 11.5 Å². The van der Waals surface area contributed by atoms with Crippen LogP contribution in [0.1, 0.15) is 32.3 Å². The van der Waals surface area contributed by atoms with Crippen molar-refractivity contribution in [3.8, 4) is 11.4 Å². The highest BCUT2D eigenvalue weighted by atomic mass is 19.1. The first-order valence-electron chi connectivity index (χ1n) is 7.23. The van der Waals surface area contributed by atoms with Gasteiger partial charge in [-0.2, -0.15) is 0 Å². The SMILES string of the molecule is CCCCNc1nc(-c2ccccc2F)[nH]c(=O)c1C(C)=N. The molecule has 0 amide bonds. The first-order valence-corrected chi connectivity index (χ1v) is 7.23. The second-order valence-corrected chi connectivity index (χ2v) is 5.02. The van der Waals surface area contributed by atoms with Gasteiger partial charge in [0.05, 0.1) is 5.56 Å². The molecule has 0 radical (unpaired) electrons. The summed E-state index contributed by atoms with van der Waals surface area (Å²) in [6.07, 6.45) is 1.91. The molecule has 3 N–H and O–H groups in total. The van der Waals surface area contributed by atoms with Crippen LogP contribution in [0.25, 0.3) is 11.4 Å². The first kappa shape index (κ1) is 15.9. The Bertz CT molecular complexity index is 739. The molecule has 0 saturated heterocycles. The van der Waals surface area contributed by atoms with Crippen molar-refractivity contribution in [2.24, 2.45) is 0 Å². The summed E-state index contributed by atoms with van der Waals surface area (Å²) in [4.78, 5) is 19.1. The molecule has 0 aliphatic rings. The topological polar surface area (TPSA) is 81.6 Å². The molecule has 5 nitrogen and oxygen atoms in total. The highest BCUT2D eigenvalue weighted by Crippen LogP contribution is 2.20. The quantitative estimate of drug-likeness (QED) is 0.566. The normalized spacial score (nSPS) is 10.5. The van der Waals surface area contributed by atoms with Gasteiger partial charge in [-0.25, -0.2) is 9.37 Å². The summed E-state index contributed by atoms with van der Waals surface area (Å²) in [7, 11) is 0. The van der Waals surface area contributed by atoms with E-state index < -0.39 is 11.4 Å². The molecule has 22 heavy (non-hydrogen) atoms. The number of halogens is 1. The number of benzene rings is 1. The predicted molar refractivity (Wildman–Crippen MR) is 86.2 cm³/mol. The van der Waals surface area contributed by atoms with Gasteiger partial charge in [-0.05, 0) is 25.5 Å². The van der Waals surface area contributed by atoms with Gasteiger partial charge in [-0.3, -0.25) is 4.79 Å². The largest absolute Gasteiger partial charge is 0.369 e. The van der Waals surface area contributed by atoms with Crippen molar-refractivity contribution in [1.82, 2.24) is 9.97 Å². The summed E-state index contributed by atoms with van der Waals surface area (Å²) < 4.78 is 13.9. The standard InChI is InChI=1S/C16H19FN4O/c1-3-4-9-19-15-13(10(2)18)16(22)21-14(20-15)11-7-5-6-8-12(11)17/h5-8,18H,3-4,9H2,1-2H3,(H2,19,20,21,22). The van der Waals surface area contributed by atoms with Crippen LogP contribution in [0.2, 0.25) is 0 Å². The molecule has 0 spiro atoms. The fourth-order valence-electron chi connectivity index (χ4n) is 2.11. The zero-order valence-corrected chi connectivity index (χ0v) is 12.7. The van der Waals surface area contributed by atoms with Gasteiger partial charge in [-0.1, -0.05) is 25.5 Å². The third kappa shape index (κ3) is 3.39. The molecule has 2 rings (SSSR count). The van der Waals surface area contributed by atoms with Gasteiger partial charge in [0.15, 0.2) is 0 Å². The van der Waals surface area contributed by atoms with Crippen molar-refractivity contribution in [2.45, 2.75) is 26.7 Å². The van der Waals surface area contributed by atoms with Crippen molar-refractivity contribution in [2.75, 3.05) is 11.9 Å². The average molecular weight is 302 g/mol. The highest BCUT2D eigenvalue weighted by molar-refractivity contribution is 6.00. The maximum absolute atomic E-state index is 13.9. The van der Waals surface area contributed by atoms with Crippen LogP contribution in [0.15, 0.2) is 29.1 Å². The molecule has 0 unspecified atom stereocenters. The monoisotopic (exact) mass is 302 g/mol. The van der Waals surface area contributed by atoms with Crippen LogP contribution in [-0.4, -0.2) is 22.2 Å². The molecular formula is C16H19FN4O. The number of rotatable bonds is 6. The zero-order chi connectivity index (χ0) is 16.1. The van der Waals surface area contributed by atoms with E-state index in [2.05, 4.69) is 22.2 Å². The zero-order valence-electron chi connectivity index (χ0n) is 12.7. The molecule has 116 valence electrons. The third-order valence-electron chi connectivity index (χ3n) is 3.25. The number of H-pyrrole nitrogens is 1. The lowest BCUT2D eigenvalue weighted by atomic mass is 10.1. The van der Waals surface area contributed by atoms with Gasteiger partial charge in [0.25, 0.3) is 5.56 Å². The molecule has 2 aromatic rings. The Kier molecular flexibility index (Phi) is 5.04. The minimum absolute atomic E-state index is 0.118. The lowest BCUT2D eigenvalue weighted by Crippen LogP contribution is -2.22. The molecule has 0 fully saturated rings. The number of hydrogen-bond acceptors (Lipinski definition) is 4. The van der Waals surface area contributed by atoms with Gasteiger partial charge in [0.2, 0.25) is 0 Å². The lowest BCUT2D eigenvalue weighted by molar-refractivity contribution is 0.630. The van der Waals surface area contributed by atoms with Crippen LogP contribution in [0, 0.1) is 11.2 Å². The fraction of sp³-hybridized carbons (Fsp3) is 0.312. The molecule has 0 bridgehead atoms. The van der Waals surface area contributed by atoms with Crippen LogP contribution in [0.3, 0.4) is 0 Å². The number of aromatic nitrogens is 2. The summed E-state index contributed by atoms with van der Waals surface area (Å²) >= 11 is 0. The van der Waals surface area contributed by atoms with E-state index in [1.54, 1.807) is 18.2 Å². The molecule has 6 heteroatoms. The number of aromatic amines is 1. The average Bonchev–Trinajstić information content (AvgIpc) is 2.47. The van der Waals surface area contributed by atoms with Gasteiger partial charge in [0.1, 0.15) is 23.0 Å². The Morgan fingerprint density at radius 1 is 1.41 bits per heavy atom. The predicted octanol–water partition coefficient (Wildman–Crippen LogP) is 3.18. The molecule has 1 aromatic carbocycles. The summed E-state index contributed by atoms with van der Waals surface area (Å²) in [5.41, 5.74) is 0.0936. The Labute approximate surface area is 128 Å². The molecular weight excluding hydrogens is 283 g/mol. The molecule has 0 atom stereocenters. The molecule has 0 saturated carbocycles. The lowest BCUT2D eigenvalue weighted by Gasteiger charge is -2.11. The first-order chi connectivity index (χ1) is 10.5. The summed E-state index contributed by atoms with van der Waals surface area (Å²) in [5, 5.41) is 10.8. The van der Waals surface area contributed by atoms with Crippen LogP contribution >= 0.6 is 0 Å². The van der Waals surface area contributed by atoms with Crippen LogP contribution in [-0.2, 0) is 0 Å². The van der Waals surface area contributed by atoms with Gasteiger partial charge >= 0.3 is 0 Å². The van der Waals surface area contributed by atoms with E-state index in [1.165, 1.54) is 13.0 Å². The Balaban J connectivity index is 2.52. The van der Waals surface area contributed by atoms with Gasteiger partial charge < -0.3 is 15.7 Å². The van der Waals surface area contributed by atoms with Crippen LogP contribution in [0.5, 0.6) is 0 Å². The third-order valence-corrected chi connectivity index (χ3v) is 3.25. The van der Waals surface area contributed by atoms with E-state index in [0.717, 1.165) is 12.8 Å². The second kappa shape index (κ2) is 6.98. The van der Waals surface area contributed by atoms with E-state index >= 15 is 0 Å². The van der Waals surface area contributed by atoms with Crippen molar-refractivity contribution in [1.29, 1.82) is 5.41 Å². The number of hydrogen-bond donors (Lipinski definition) is 3. The number of nitrogens with zero attached hydrogens (tertiary/aromatic N) is 1. The van der Waals surface area contributed by atoms with Gasteiger partial charge in [0, 0.05) is 12.3 Å². The van der Waals surface area contributed by atoms with E-state index in [4.69, 9.17) is 5.41 Å². The molecule has 0 aliphatic carbocycles. The van der Waals surface area contributed by atoms with E-state index in [1.807, 2.05) is 0 Å². The second-order valence-electron chi connectivity index (χ2n) is 5.02. The molecule has 0 aliphatic heterocycles. The minimum atomic E-state index is -0.454. The van der Waals surface area contributed by atoms with Crippen molar-refractivity contribution in [3.05, 3.63) is 46.0 Å².